The molecule has 1 aliphatic carbocycles. The van der Waals surface area contributed by atoms with Gasteiger partial charge < -0.3 is 19.5 Å². The Morgan fingerprint density at radius 3 is 2.62 bits per heavy atom. The lowest BCUT2D eigenvalue weighted by Crippen LogP contribution is -2.43. The van der Waals surface area contributed by atoms with E-state index in [0.717, 1.165) is 19.3 Å². The summed E-state index contributed by atoms with van der Waals surface area (Å²) >= 11 is 0. The van der Waals surface area contributed by atoms with Crippen LogP contribution in [0.3, 0.4) is 0 Å². The molecule has 2 rings (SSSR count). The van der Waals surface area contributed by atoms with Crippen LogP contribution in [0.2, 0.25) is 0 Å². The first-order chi connectivity index (χ1) is 11.5. The quantitative estimate of drug-likeness (QED) is 0.809. The van der Waals surface area contributed by atoms with Gasteiger partial charge in [-0.15, -0.1) is 0 Å². The number of nitrogens with one attached hydrogen (secondary N) is 1. The lowest BCUT2D eigenvalue weighted by Gasteiger charge is -2.29. The molecule has 1 amide bonds. The number of ether oxygens (including phenoxy) is 3. The topological polar surface area (TPSA) is 73.9 Å². The second kappa shape index (κ2) is 8.57. The van der Waals surface area contributed by atoms with Gasteiger partial charge in [0.2, 0.25) is 0 Å². The third kappa shape index (κ3) is 4.63. The molecule has 0 unspecified atom stereocenters. The number of rotatable bonds is 6. The molecule has 1 aromatic carbocycles. The van der Waals surface area contributed by atoms with Gasteiger partial charge in [0.15, 0.2) is 6.61 Å². The molecular formula is C18H25NO5. The molecule has 6 nitrogen and oxygen atoms in total. The first kappa shape index (κ1) is 18.1. The number of hydrogen-bond acceptors (Lipinski definition) is 5. The second-order valence-corrected chi connectivity index (χ2v) is 6.08. The molecule has 0 spiro atoms. The zero-order chi connectivity index (χ0) is 17.5. The summed E-state index contributed by atoms with van der Waals surface area (Å²) in [5.41, 5.74) is 0.261. The summed E-state index contributed by atoms with van der Waals surface area (Å²) < 4.78 is 15.4. The molecule has 0 saturated heterocycles. The minimum atomic E-state index is -0.519. The van der Waals surface area contributed by atoms with Crippen molar-refractivity contribution in [2.45, 2.75) is 38.6 Å². The van der Waals surface area contributed by atoms with Crippen LogP contribution in [-0.2, 0) is 9.53 Å². The van der Waals surface area contributed by atoms with Gasteiger partial charge in [-0.05, 0) is 30.9 Å². The average molecular weight is 335 g/mol. The molecule has 132 valence electrons. The highest BCUT2D eigenvalue weighted by atomic mass is 16.5. The van der Waals surface area contributed by atoms with Crippen LogP contribution in [0.5, 0.6) is 11.5 Å². The van der Waals surface area contributed by atoms with Gasteiger partial charge in [-0.2, -0.15) is 0 Å². The summed E-state index contributed by atoms with van der Waals surface area (Å²) in [4.78, 5) is 23.9. The Labute approximate surface area is 142 Å². The van der Waals surface area contributed by atoms with Crippen LogP contribution in [0.4, 0.5) is 0 Å². The molecule has 2 atom stereocenters. The van der Waals surface area contributed by atoms with E-state index in [9.17, 15) is 9.59 Å². The predicted octanol–water partition coefficient (Wildman–Crippen LogP) is 2.56. The molecule has 0 bridgehead atoms. The fraction of sp³-hybridized carbons (Fsp3) is 0.556. The van der Waals surface area contributed by atoms with Gasteiger partial charge in [0, 0.05) is 12.1 Å². The van der Waals surface area contributed by atoms with Crippen molar-refractivity contribution in [1.82, 2.24) is 5.32 Å². The van der Waals surface area contributed by atoms with Crippen LogP contribution in [-0.4, -0.2) is 38.7 Å². The first-order valence-corrected chi connectivity index (χ1v) is 8.23. The van der Waals surface area contributed by atoms with Gasteiger partial charge in [-0.25, -0.2) is 4.79 Å². The highest BCUT2D eigenvalue weighted by Gasteiger charge is 2.23. The highest BCUT2D eigenvalue weighted by Crippen LogP contribution is 2.26. The molecule has 1 aliphatic rings. The number of esters is 1. The molecule has 1 fully saturated rings. The predicted molar refractivity (Wildman–Crippen MR) is 89.4 cm³/mol. The maximum Gasteiger partial charge on any atom is 0.341 e. The van der Waals surface area contributed by atoms with E-state index < -0.39 is 5.97 Å². The molecule has 0 radical (unpaired) electrons. The van der Waals surface area contributed by atoms with Crippen LogP contribution >= 0.6 is 0 Å². The summed E-state index contributed by atoms with van der Waals surface area (Å²) in [6.45, 7) is 2.00. The normalized spacial score (nSPS) is 20.1. The van der Waals surface area contributed by atoms with E-state index in [4.69, 9.17) is 14.2 Å². The maximum atomic E-state index is 12.2. The molecule has 6 heteroatoms. The van der Waals surface area contributed by atoms with Crippen LogP contribution in [0.15, 0.2) is 18.2 Å². The summed E-state index contributed by atoms with van der Waals surface area (Å²) in [5, 5.41) is 3.02. The third-order valence-electron chi connectivity index (χ3n) is 4.41. The van der Waals surface area contributed by atoms with E-state index in [0.29, 0.717) is 11.7 Å². The second-order valence-electron chi connectivity index (χ2n) is 6.08. The van der Waals surface area contributed by atoms with Crippen molar-refractivity contribution in [3.05, 3.63) is 23.8 Å². The Kier molecular flexibility index (Phi) is 6.46. The highest BCUT2D eigenvalue weighted by molar-refractivity contribution is 5.92. The van der Waals surface area contributed by atoms with Gasteiger partial charge in [0.1, 0.15) is 17.1 Å². The standard InChI is InChI=1S/C18H25NO5/c1-12-6-4-5-7-15(12)19-17(20)11-24-16-10-13(22-2)8-9-14(16)18(21)23-3/h8-10,12,15H,4-7,11H2,1-3H3,(H,19,20)/t12-,15+/m0/s1. The summed E-state index contributed by atoms with van der Waals surface area (Å²) in [6.07, 6.45) is 4.49. The number of methoxy groups -OCH3 is 2. The molecule has 0 aliphatic heterocycles. The van der Waals surface area contributed by atoms with E-state index >= 15 is 0 Å². The number of hydrogen-bond donors (Lipinski definition) is 1. The Bertz CT molecular complexity index is 587. The van der Waals surface area contributed by atoms with E-state index in [2.05, 4.69) is 12.2 Å². The monoisotopic (exact) mass is 335 g/mol. The molecule has 0 heterocycles. The van der Waals surface area contributed by atoms with Crippen molar-refractivity contribution in [2.75, 3.05) is 20.8 Å². The van der Waals surface area contributed by atoms with Crippen molar-refractivity contribution in [1.29, 1.82) is 0 Å². The van der Waals surface area contributed by atoms with Crippen molar-refractivity contribution in [3.8, 4) is 11.5 Å². The summed E-state index contributed by atoms with van der Waals surface area (Å²) in [5.74, 6) is 0.582. The molecule has 24 heavy (non-hydrogen) atoms. The fourth-order valence-corrected chi connectivity index (χ4v) is 2.95. The number of benzene rings is 1. The van der Waals surface area contributed by atoms with E-state index in [-0.39, 0.29) is 29.9 Å². The van der Waals surface area contributed by atoms with E-state index in [1.807, 2.05) is 0 Å². The van der Waals surface area contributed by atoms with Gasteiger partial charge >= 0.3 is 5.97 Å². The smallest absolute Gasteiger partial charge is 0.341 e. The zero-order valence-corrected chi connectivity index (χ0v) is 14.5. The average Bonchev–Trinajstić information content (AvgIpc) is 2.61. The van der Waals surface area contributed by atoms with E-state index in [1.54, 1.807) is 18.2 Å². The molecule has 0 aromatic heterocycles. The fourth-order valence-electron chi connectivity index (χ4n) is 2.95. The Morgan fingerprint density at radius 2 is 1.96 bits per heavy atom. The third-order valence-corrected chi connectivity index (χ3v) is 4.41. The number of amides is 1. The number of carbonyl (C=O) groups is 2. The number of carbonyl (C=O) groups excluding carboxylic acids is 2. The van der Waals surface area contributed by atoms with Crippen LogP contribution in [0, 0.1) is 5.92 Å². The van der Waals surface area contributed by atoms with Crippen LogP contribution < -0.4 is 14.8 Å². The van der Waals surface area contributed by atoms with Crippen molar-refractivity contribution in [3.63, 3.8) is 0 Å². The summed E-state index contributed by atoms with van der Waals surface area (Å²) in [6, 6.07) is 4.97. The SMILES string of the molecule is COC(=O)c1ccc(OC)cc1OCC(=O)N[C@@H]1CCCC[C@@H]1C. The van der Waals surface area contributed by atoms with Crippen LogP contribution in [0.1, 0.15) is 43.0 Å². The maximum absolute atomic E-state index is 12.2. The van der Waals surface area contributed by atoms with Crippen molar-refractivity contribution in [2.24, 2.45) is 5.92 Å². The minimum absolute atomic E-state index is 0.152. The molecule has 1 aromatic rings. The largest absolute Gasteiger partial charge is 0.497 e. The Hall–Kier alpha value is -2.24. The molecule has 1 saturated carbocycles. The van der Waals surface area contributed by atoms with E-state index in [1.165, 1.54) is 20.6 Å². The van der Waals surface area contributed by atoms with Crippen molar-refractivity contribution >= 4 is 11.9 Å². The Balaban J connectivity index is 1.99. The van der Waals surface area contributed by atoms with Gasteiger partial charge in [-0.1, -0.05) is 19.8 Å². The zero-order valence-electron chi connectivity index (χ0n) is 14.5. The Morgan fingerprint density at radius 1 is 1.21 bits per heavy atom. The lowest BCUT2D eigenvalue weighted by molar-refractivity contribution is -0.124. The lowest BCUT2D eigenvalue weighted by atomic mass is 9.86. The van der Waals surface area contributed by atoms with Gasteiger partial charge in [0.25, 0.3) is 5.91 Å². The van der Waals surface area contributed by atoms with Gasteiger partial charge in [0.05, 0.1) is 14.2 Å². The molecular weight excluding hydrogens is 310 g/mol. The summed E-state index contributed by atoms with van der Waals surface area (Å²) in [7, 11) is 2.82. The van der Waals surface area contributed by atoms with Crippen LogP contribution in [0.25, 0.3) is 0 Å². The first-order valence-electron chi connectivity index (χ1n) is 8.23. The van der Waals surface area contributed by atoms with Crippen molar-refractivity contribution < 1.29 is 23.8 Å². The minimum Gasteiger partial charge on any atom is -0.497 e. The molecule has 1 N–H and O–H groups in total. The van der Waals surface area contributed by atoms with Gasteiger partial charge in [-0.3, -0.25) is 4.79 Å².